The second-order valence-electron chi connectivity index (χ2n) is 7.88. The summed E-state index contributed by atoms with van der Waals surface area (Å²) in [7, 11) is 0. The minimum atomic E-state index is -1.07. The maximum absolute atomic E-state index is 12.8. The number of carbonyl (C=O) groups excluding carboxylic acids is 1. The van der Waals surface area contributed by atoms with E-state index < -0.39 is 5.60 Å². The van der Waals surface area contributed by atoms with Crippen LogP contribution in [0.1, 0.15) is 24.0 Å². The van der Waals surface area contributed by atoms with Crippen molar-refractivity contribution in [2.75, 3.05) is 13.2 Å². The molecule has 2 saturated heterocycles. The van der Waals surface area contributed by atoms with Crippen LogP contribution in [0.4, 0.5) is 4.79 Å². The average Bonchev–Trinajstić information content (AvgIpc) is 3.17. The molecule has 1 aromatic heterocycles. The molecule has 2 bridgehead atoms. The Balaban J connectivity index is 1.36. The summed E-state index contributed by atoms with van der Waals surface area (Å²) in [6.45, 7) is 0.997. The van der Waals surface area contributed by atoms with Gasteiger partial charge in [-0.2, -0.15) is 0 Å². The van der Waals surface area contributed by atoms with Gasteiger partial charge in [0.15, 0.2) is 0 Å². The molecule has 5 rings (SSSR count). The highest BCUT2D eigenvalue weighted by Crippen LogP contribution is 2.44. The molecule has 3 aromatic rings. The van der Waals surface area contributed by atoms with Crippen LogP contribution in [0.25, 0.3) is 11.0 Å². The van der Waals surface area contributed by atoms with Crippen molar-refractivity contribution in [1.82, 2.24) is 4.90 Å². The maximum Gasteiger partial charge on any atom is 0.410 e. The molecule has 3 heterocycles. The largest absolute Gasteiger partial charge is 0.464 e. The molecule has 1 N–H and O–H groups in total. The molecular formula is C23H23NO5. The number of amides is 1. The number of benzene rings is 2. The molecule has 150 valence electrons. The number of nitrogens with zero attached hydrogens (tertiary/aromatic N) is 1. The number of ether oxygens (including phenoxy) is 2. The molecule has 29 heavy (non-hydrogen) atoms. The van der Waals surface area contributed by atoms with E-state index >= 15 is 0 Å². The summed E-state index contributed by atoms with van der Waals surface area (Å²) >= 11 is 0. The van der Waals surface area contributed by atoms with E-state index in [1.165, 1.54) is 0 Å². The van der Waals surface area contributed by atoms with Gasteiger partial charge in [0.2, 0.25) is 0 Å². The Morgan fingerprint density at radius 2 is 1.76 bits per heavy atom. The van der Waals surface area contributed by atoms with Crippen LogP contribution in [-0.4, -0.2) is 41.4 Å². The molecule has 0 aliphatic carbocycles. The summed E-state index contributed by atoms with van der Waals surface area (Å²) in [6.07, 6.45) is 2.05. The molecule has 2 fully saturated rings. The molecule has 0 radical (unpaired) electrons. The smallest absolute Gasteiger partial charge is 0.410 e. The van der Waals surface area contributed by atoms with Gasteiger partial charge in [-0.15, -0.1) is 0 Å². The van der Waals surface area contributed by atoms with Crippen LogP contribution in [0, 0.1) is 0 Å². The third-order valence-corrected chi connectivity index (χ3v) is 5.95. The van der Waals surface area contributed by atoms with Gasteiger partial charge in [-0.25, -0.2) is 4.79 Å². The van der Waals surface area contributed by atoms with Gasteiger partial charge in [0.25, 0.3) is 0 Å². The zero-order valence-corrected chi connectivity index (χ0v) is 16.0. The van der Waals surface area contributed by atoms with Gasteiger partial charge in [0.05, 0.1) is 37.2 Å². The highest BCUT2D eigenvalue weighted by molar-refractivity contribution is 5.82. The highest BCUT2D eigenvalue weighted by atomic mass is 16.6. The first kappa shape index (κ1) is 18.2. The van der Waals surface area contributed by atoms with Gasteiger partial charge in [-0.05, 0) is 11.6 Å². The van der Waals surface area contributed by atoms with Crippen molar-refractivity contribution in [3.8, 4) is 0 Å². The van der Waals surface area contributed by atoms with E-state index in [2.05, 4.69) is 0 Å². The highest BCUT2D eigenvalue weighted by Gasteiger charge is 2.50. The van der Waals surface area contributed by atoms with Crippen molar-refractivity contribution in [1.29, 1.82) is 0 Å². The molecule has 0 spiro atoms. The topological polar surface area (TPSA) is 72.1 Å². The van der Waals surface area contributed by atoms with Crippen molar-refractivity contribution in [3.05, 3.63) is 72.0 Å². The molecule has 6 nitrogen and oxygen atoms in total. The van der Waals surface area contributed by atoms with Crippen LogP contribution in [-0.2, 0) is 21.7 Å². The summed E-state index contributed by atoms with van der Waals surface area (Å²) in [5.41, 5.74) is 1.41. The molecule has 2 atom stereocenters. The number of hydrogen-bond donors (Lipinski definition) is 1. The number of furan rings is 1. The third kappa shape index (κ3) is 3.28. The molecule has 6 heteroatoms. The van der Waals surface area contributed by atoms with Gasteiger partial charge in [-0.3, -0.25) is 4.90 Å². The van der Waals surface area contributed by atoms with E-state index in [1.807, 2.05) is 54.6 Å². The van der Waals surface area contributed by atoms with Crippen LogP contribution in [0.3, 0.4) is 0 Å². The van der Waals surface area contributed by atoms with Crippen LogP contribution in [0.2, 0.25) is 0 Å². The monoisotopic (exact) mass is 393 g/mol. The number of fused-ring (bicyclic) bond motifs is 3. The number of rotatable bonds is 3. The number of hydrogen-bond acceptors (Lipinski definition) is 5. The van der Waals surface area contributed by atoms with E-state index in [4.69, 9.17) is 13.9 Å². The number of para-hydroxylation sites is 1. The summed E-state index contributed by atoms with van der Waals surface area (Å²) in [6, 6.07) is 16.8. The molecule has 0 saturated carbocycles. The predicted molar refractivity (Wildman–Crippen MR) is 106 cm³/mol. The van der Waals surface area contributed by atoms with Crippen molar-refractivity contribution in [3.63, 3.8) is 0 Å². The van der Waals surface area contributed by atoms with Gasteiger partial charge >= 0.3 is 6.09 Å². The molecular weight excluding hydrogens is 370 g/mol. The minimum absolute atomic E-state index is 0.229. The van der Waals surface area contributed by atoms with Crippen molar-refractivity contribution >= 4 is 17.1 Å². The van der Waals surface area contributed by atoms with Crippen LogP contribution in [0.15, 0.2) is 65.3 Å². The normalized spacial score (nSPS) is 26.4. The number of aliphatic hydroxyl groups is 1. The van der Waals surface area contributed by atoms with Crippen molar-refractivity contribution < 1.29 is 23.8 Å². The van der Waals surface area contributed by atoms with Crippen LogP contribution >= 0.6 is 0 Å². The van der Waals surface area contributed by atoms with Gasteiger partial charge in [0.1, 0.15) is 12.2 Å². The second-order valence-corrected chi connectivity index (χ2v) is 7.88. The summed E-state index contributed by atoms with van der Waals surface area (Å²) in [5.74, 6) is 0. The van der Waals surface area contributed by atoms with E-state index in [0.29, 0.717) is 26.1 Å². The van der Waals surface area contributed by atoms with Crippen LogP contribution in [0.5, 0.6) is 0 Å². The minimum Gasteiger partial charge on any atom is -0.464 e. The Bertz CT molecular complexity index is 1000. The fourth-order valence-electron chi connectivity index (χ4n) is 4.63. The predicted octanol–water partition coefficient (Wildman–Crippen LogP) is 3.82. The average molecular weight is 393 g/mol. The Hall–Kier alpha value is -2.83. The molecule has 2 aliphatic heterocycles. The quantitative estimate of drug-likeness (QED) is 0.732. The first-order valence-electron chi connectivity index (χ1n) is 9.90. The Labute approximate surface area is 168 Å². The molecule has 2 aliphatic rings. The van der Waals surface area contributed by atoms with Gasteiger partial charge in [-0.1, -0.05) is 48.5 Å². The van der Waals surface area contributed by atoms with Gasteiger partial charge in [0, 0.05) is 23.8 Å². The maximum atomic E-state index is 12.8. The lowest BCUT2D eigenvalue weighted by molar-refractivity contribution is -0.136. The van der Waals surface area contributed by atoms with Crippen molar-refractivity contribution in [2.24, 2.45) is 0 Å². The Morgan fingerprint density at radius 3 is 2.52 bits per heavy atom. The van der Waals surface area contributed by atoms with Crippen LogP contribution < -0.4 is 0 Å². The van der Waals surface area contributed by atoms with Crippen molar-refractivity contribution in [2.45, 2.75) is 37.1 Å². The number of carbonyl (C=O) groups is 1. The first-order chi connectivity index (χ1) is 14.1. The lowest BCUT2D eigenvalue weighted by Crippen LogP contribution is -2.62. The fourth-order valence-corrected chi connectivity index (χ4v) is 4.63. The van der Waals surface area contributed by atoms with E-state index in [9.17, 15) is 9.90 Å². The zero-order chi connectivity index (χ0) is 19.8. The fraction of sp³-hybridized carbons (Fsp3) is 0.348. The Morgan fingerprint density at radius 1 is 1.07 bits per heavy atom. The van der Waals surface area contributed by atoms with Gasteiger partial charge < -0.3 is 19.0 Å². The lowest BCUT2D eigenvalue weighted by atomic mass is 9.77. The standard InChI is InChI=1S/C23H23NO5/c25-22(29-12-16-6-2-1-3-7-16)24-17-10-23(26,11-18(24)14-27-13-17)20-15-28-21-9-5-4-8-19(20)21/h1-9,15,17-18,26H,10-14H2. The SMILES string of the molecule is O=C(OCc1ccccc1)N1C2COCC1CC(O)(c1coc3ccccc13)C2. The lowest BCUT2D eigenvalue weighted by Gasteiger charge is -2.50. The number of piperidine rings is 1. The summed E-state index contributed by atoms with van der Waals surface area (Å²) < 4.78 is 16.9. The second kappa shape index (κ2) is 7.21. The van der Waals surface area contributed by atoms with E-state index in [1.54, 1.807) is 11.2 Å². The third-order valence-electron chi connectivity index (χ3n) is 5.95. The molecule has 1 amide bonds. The summed E-state index contributed by atoms with van der Waals surface area (Å²) in [4.78, 5) is 14.6. The van der Waals surface area contributed by atoms with E-state index in [-0.39, 0.29) is 24.8 Å². The molecule has 2 aromatic carbocycles. The summed E-state index contributed by atoms with van der Waals surface area (Å²) in [5, 5.41) is 12.5. The first-order valence-corrected chi connectivity index (χ1v) is 9.90. The molecule has 2 unspecified atom stereocenters. The van der Waals surface area contributed by atoms with E-state index in [0.717, 1.165) is 22.1 Å². The Kier molecular flexibility index (Phi) is 4.53. The zero-order valence-electron chi connectivity index (χ0n) is 16.0. The number of morpholine rings is 1.